The van der Waals surface area contributed by atoms with Crippen molar-refractivity contribution in [3.05, 3.63) is 70.7 Å². The third-order valence-electron chi connectivity index (χ3n) is 5.01. The molecule has 2 aromatic carbocycles. The van der Waals surface area contributed by atoms with Gasteiger partial charge in [0.05, 0.1) is 0 Å². The lowest BCUT2D eigenvalue weighted by molar-refractivity contribution is -0.154. The molecule has 8 heteroatoms. The highest BCUT2D eigenvalue weighted by Gasteiger charge is 2.34. The second-order valence-electron chi connectivity index (χ2n) is 7.22. The minimum Gasteiger partial charge on any atom is -0.451 e. The standard InChI is InChI=1S/C22H21N3O5/c1-14-12-17-10-6-7-11-18(17)25(14)21(27)15(2)29-19(26)13-24-22(28)30-20(23-24)16-8-4-3-5-9-16/h3-11,14-15H,12-13H2,1-2H3/t14-,15-/m1/s1. The molecule has 1 aliphatic heterocycles. The van der Waals surface area contributed by atoms with Gasteiger partial charge in [-0.3, -0.25) is 9.59 Å². The molecule has 1 aliphatic rings. The lowest BCUT2D eigenvalue weighted by atomic mass is 10.1. The van der Waals surface area contributed by atoms with Crippen LogP contribution in [-0.4, -0.2) is 33.8 Å². The number of carbonyl (C=O) groups is 2. The molecule has 2 heterocycles. The Hall–Kier alpha value is -3.68. The predicted molar refractivity (Wildman–Crippen MR) is 109 cm³/mol. The number of carbonyl (C=O) groups excluding carboxylic acids is 2. The Morgan fingerprint density at radius 2 is 1.87 bits per heavy atom. The van der Waals surface area contributed by atoms with Gasteiger partial charge in [0.15, 0.2) is 6.10 Å². The van der Waals surface area contributed by atoms with Gasteiger partial charge in [-0.1, -0.05) is 36.4 Å². The molecule has 30 heavy (non-hydrogen) atoms. The Morgan fingerprint density at radius 3 is 2.63 bits per heavy atom. The fourth-order valence-corrected chi connectivity index (χ4v) is 3.61. The maximum Gasteiger partial charge on any atom is 0.437 e. The number of nitrogens with zero attached hydrogens (tertiary/aromatic N) is 3. The van der Waals surface area contributed by atoms with Crippen LogP contribution < -0.4 is 10.7 Å². The van der Waals surface area contributed by atoms with E-state index in [1.165, 1.54) is 6.92 Å². The molecule has 0 N–H and O–H groups in total. The van der Waals surface area contributed by atoms with Crippen LogP contribution in [0.2, 0.25) is 0 Å². The number of para-hydroxylation sites is 1. The molecule has 0 radical (unpaired) electrons. The van der Waals surface area contributed by atoms with Gasteiger partial charge in [-0.2, -0.15) is 4.68 Å². The Bertz CT molecular complexity index is 1130. The number of hydrogen-bond acceptors (Lipinski definition) is 6. The average molecular weight is 407 g/mol. The van der Waals surface area contributed by atoms with E-state index in [2.05, 4.69) is 5.10 Å². The minimum atomic E-state index is -0.998. The van der Waals surface area contributed by atoms with Gasteiger partial charge >= 0.3 is 11.7 Å². The van der Waals surface area contributed by atoms with E-state index in [1.807, 2.05) is 37.3 Å². The third-order valence-corrected chi connectivity index (χ3v) is 5.01. The van der Waals surface area contributed by atoms with Crippen molar-refractivity contribution >= 4 is 17.6 Å². The van der Waals surface area contributed by atoms with Crippen LogP contribution in [0.25, 0.3) is 11.5 Å². The highest BCUT2D eigenvalue weighted by atomic mass is 16.5. The second-order valence-corrected chi connectivity index (χ2v) is 7.22. The van der Waals surface area contributed by atoms with Crippen molar-refractivity contribution in [2.75, 3.05) is 4.90 Å². The fraction of sp³-hybridized carbons (Fsp3) is 0.273. The van der Waals surface area contributed by atoms with E-state index >= 15 is 0 Å². The van der Waals surface area contributed by atoms with E-state index in [4.69, 9.17) is 9.15 Å². The van der Waals surface area contributed by atoms with Gasteiger partial charge in [-0.05, 0) is 44.0 Å². The Kier molecular flexibility index (Phi) is 5.22. The summed E-state index contributed by atoms with van der Waals surface area (Å²) in [6.07, 6.45) is -0.249. The molecule has 2 atom stereocenters. The molecule has 0 bridgehead atoms. The zero-order valence-electron chi connectivity index (χ0n) is 16.6. The van der Waals surface area contributed by atoms with E-state index in [9.17, 15) is 14.4 Å². The molecule has 0 saturated heterocycles. The van der Waals surface area contributed by atoms with Crippen LogP contribution in [0.5, 0.6) is 0 Å². The lowest BCUT2D eigenvalue weighted by Gasteiger charge is -2.25. The van der Waals surface area contributed by atoms with Gasteiger partial charge in [0.1, 0.15) is 6.54 Å². The first kappa shape index (κ1) is 19.6. The van der Waals surface area contributed by atoms with Gasteiger partial charge in [0.2, 0.25) is 5.89 Å². The summed E-state index contributed by atoms with van der Waals surface area (Å²) in [7, 11) is 0. The van der Waals surface area contributed by atoms with Gasteiger partial charge < -0.3 is 14.1 Å². The summed E-state index contributed by atoms with van der Waals surface area (Å²) >= 11 is 0. The molecular formula is C22H21N3O5. The van der Waals surface area contributed by atoms with E-state index in [0.29, 0.717) is 5.56 Å². The molecule has 154 valence electrons. The Morgan fingerprint density at radius 1 is 1.17 bits per heavy atom. The molecule has 0 unspecified atom stereocenters. The minimum absolute atomic E-state index is 0.0253. The quantitative estimate of drug-likeness (QED) is 0.603. The smallest absolute Gasteiger partial charge is 0.437 e. The fourth-order valence-electron chi connectivity index (χ4n) is 3.61. The van der Waals surface area contributed by atoms with Crippen LogP contribution in [0, 0.1) is 0 Å². The van der Waals surface area contributed by atoms with E-state index < -0.39 is 24.4 Å². The first-order valence-corrected chi connectivity index (χ1v) is 9.68. The highest BCUT2D eigenvalue weighted by molar-refractivity contribution is 5.99. The van der Waals surface area contributed by atoms with Gasteiger partial charge in [0.25, 0.3) is 5.91 Å². The lowest BCUT2D eigenvalue weighted by Crippen LogP contribution is -2.43. The normalized spacial score (nSPS) is 16.2. The monoisotopic (exact) mass is 407 g/mol. The van der Waals surface area contributed by atoms with Crippen molar-refractivity contribution in [1.82, 2.24) is 9.78 Å². The summed E-state index contributed by atoms with van der Waals surface area (Å²) in [4.78, 5) is 38.9. The number of aromatic nitrogens is 2. The van der Waals surface area contributed by atoms with Gasteiger partial charge in [0, 0.05) is 17.3 Å². The van der Waals surface area contributed by atoms with E-state index in [0.717, 1.165) is 22.4 Å². The maximum absolute atomic E-state index is 12.9. The van der Waals surface area contributed by atoms with Gasteiger partial charge in [-0.15, -0.1) is 5.10 Å². The zero-order chi connectivity index (χ0) is 21.3. The van der Waals surface area contributed by atoms with E-state index in [1.54, 1.807) is 29.2 Å². The maximum atomic E-state index is 12.9. The van der Waals surface area contributed by atoms with Crippen molar-refractivity contribution in [1.29, 1.82) is 0 Å². The number of amides is 1. The second kappa shape index (κ2) is 7.98. The van der Waals surface area contributed by atoms with Gasteiger partial charge in [-0.25, -0.2) is 4.79 Å². The first-order valence-electron chi connectivity index (χ1n) is 9.68. The number of anilines is 1. The molecule has 0 saturated carbocycles. The van der Waals surface area contributed by atoms with Crippen molar-refractivity contribution in [2.24, 2.45) is 0 Å². The molecule has 0 fully saturated rings. The molecule has 0 spiro atoms. The zero-order valence-corrected chi connectivity index (χ0v) is 16.6. The molecule has 8 nitrogen and oxygen atoms in total. The summed E-state index contributed by atoms with van der Waals surface area (Å²) < 4.78 is 11.3. The summed E-state index contributed by atoms with van der Waals surface area (Å²) in [6, 6.07) is 16.5. The summed E-state index contributed by atoms with van der Waals surface area (Å²) in [5, 5.41) is 4.03. The summed E-state index contributed by atoms with van der Waals surface area (Å²) in [5.74, 6) is -1.71. The number of ether oxygens (including phenoxy) is 1. The number of benzene rings is 2. The number of esters is 1. The summed E-state index contributed by atoms with van der Waals surface area (Å²) in [6.45, 7) is 3.03. The number of rotatable bonds is 5. The number of fused-ring (bicyclic) bond motifs is 1. The van der Waals surface area contributed by atoms with Crippen molar-refractivity contribution < 1.29 is 18.7 Å². The van der Waals surface area contributed by atoms with Crippen molar-refractivity contribution in [3.63, 3.8) is 0 Å². The topological polar surface area (TPSA) is 94.6 Å². The molecule has 4 rings (SSSR count). The molecule has 3 aromatic rings. The van der Waals surface area contributed by atoms with Crippen LogP contribution in [0.15, 0.2) is 63.8 Å². The van der Waals surface area contributed by atoms with Crippen molar-refractivity contribution in [3.8, 4) is 11.5 Å². The largest absolute Gasteiger partial charge is 0.451 e. The first-order chi connectivity index (χ1) is 14.4. The molecular weight excluding hydrogens is 386 g/mol. The Balaban J connectivity index is 1.43. The van der Waals surface area contributed by atoms with Crippen LogP contribution in [0.3, 0.4) is 0 Å². The predicted octanol–water partition coefficient (Wildman–Crippen LogP) is 2.41. The van der Waals surface area contributed by atoms with Crippen LogP contribution >= 0.6 is 0 Å². The van der Waals surface area contributed by atoms with Crippen LogP contribution in [0.1, 0.15) is 19.4 Å². The molecule has 0 aliphatic carbocycles. The highest BCUT2D eigenvalue weighted by Crippen LogP contribution is 2.32. The molecule has 1 aromatic heterocycles. The third kappa shape index (κ3) is 3.76. The molecule has 1 amide bonds. The average Bonchev–Trinajstić information content (AvgIpc) is 3.27. The van der Waals surface area contributed by atoms with Crippen LogP contribution in [0.4, 0.5) is 5.69 Å². The Labute approximate surface area is 172 Å². The SMILES string of the molecule is C[C@@H]1Cc2ccccc2N1C(=O)[C@@H](C)OC(=O)Cn1nc(-c2ccccc2)oc1=O. The van der Waals surface area contributed by atoms with Crippen LogP contribution in [-0.2, 0) is 27.3 Å². The van der Waals surface area contributed by atoms with Crippen molar-refractivity contribution in [2.45, 2.75) is 39.0 Å². The van der Waals surface area contributed by atoms with E-state index in [-0.39, 0.29) is 17.8 Å². The summed E-state index contributed by atoms with van der Waals surface area (Å²) in [5.41, 5.74) is 2.53. The number of hydrogen-bond donors (Lipinski definition) is 0.